The Morgan fingerprint density at radius 3 is 2.63 bits per heavy atom. The number of aromatic carboxylic acids is 1. The van der Waals surface area contributed by atoms with Gasteiger partial charge >= 0.3 is 12.1 Å². The van der Waals surface area contributed by atoms with Gasteiger partial charge in [-0.15, -0.1) is 0 Å². The van der Waals surface area contributed by atoms with E-state index >= 15 is 0 Å². The molecule has 1 aliphatic rings. The summed E-state index contributed by atoms with van der Waals surface area (Å²) in [6.45, 7) is 1.42. The average molecular weight is 533 g/mol. The highest BCUT2D eigenvalue weighted by Crippen LogP contribution is 2.28. The third kappa shape index (κ3) is 5.92. The number of aromatic nitrogens is 4. The van der Waals surface area contributed by atoms with Crippen molar-refractivity contribution in [1.29, 1.82) is 0 Å². The van der Waals surface area contributed by atoms with Crippen molar-refractivity contribution in [2.75, 3.05) is 18.4 Å². The molecule has 2 aromatic heterocycles. The van der Waals surface area contributed by atoms with Gasteiger partial charge in [0.25, 0.3) is 0 Å². The monoisotopic (exact) mass is 532 g/mol. The molecular formula is C27H25ClN6O4. The number of halogens is 1. The molecule has 194 valence electrons. The van der Waals surface area contributed by atoms with Gasteiger partial charge in [-0.2, -0.15) is 5.10 Å². The molecule has 2 N–H and O–H groups in total. The van der Waals surface area contributed by atoms with Crippen molar-refractivity contribution in [1.82, 2.24) is 24.6 Å². The van der Waals surface area contributed by atoms with Crippen LogP contribution in [-0.2, 0) is 11.3 Å². The van der Waals surface area contributed by atoms with Crippen molar-refractivity contribution in [3.05, 3.63) is 89.3 Å². The summed E-state index contributed by atoms with van der Waals surface area (Å²) in [6.07, 6.45) is 6.22. The maximum absolute atomic E-state index is 12.4. The number of carboxylic acid groups (broad SMARTS) is 1. The maximum Gasteiger partial charge on any atom is 0.410 e. The zero-order chi connectivity index (χ0) is 26.5. The van der Waals surface area contributed by atoms with Crippen LogP contribution in [-0.4, -0.2) is 54.9 Å². The molecule has 1 amide bonds. The van der Waals surface area contributed by atoms with Crippen LogP contribution in [0.3, 0.4) is 0 Å². The van der Waals surface area contributed by atoms with Gasteiger partial charge in [-0.3, -0.25) is 4.68 Å². The van der Waals surface area contributed by atoms with Gasteiger partial charge in [0.1, 0.15) is 6.61 Å². The zero-order valence-electron chi connectivity index (χ0n) is 20.3. The van der Waals surface area contributed by atoms with Crippen LogP contribution in [0, 0.1) is 0 Å². The smallest absolute Gasteiger partial charge is 0.410 e. The molecule has 0 aliphatic carbocycles. The van der Waals surface area contributed by atoms with Crippen LogP contribution >= 0.6 is 11.6 Å². The Kier molecular flexibility index (Phi) is 7.50. The maximum atomic E-state index is 12.4. The Labute approximate surface area is 223 Å². The Bertz CT molecular complexity index is 1440. The van der Waals surface area contributed by atoms with Gasteiger partial charge in [-0.05, 0) is 30.5 Å². The van der Waals surface area contributed by atoms with Gasteiger partial charge < -0.3 is 20.1 Å². The fraction of sp³-hybridized carbons (Fsp3) is 0.222. The molecule has 1 fully saturated rings. The van der Waals surface area contributed by atoms with Crippen LogP contribution in [0.1, 0.15) is 34.8 Å². The molecular weight excluding hydrogens is 508 g/mol. The summed E-state index contributed by atoms with van der Waals surface area (Å²) in [5.41, 5.74) is 2.79. The van der Waals surface area contributed by atoms with Gasteiger partial charge in [-0.25, -0.2) is 19.6 Å². The van der Waals surface area contributed by atoms with Gasteiger partial charge in [-0.1, -0.05) is 54.1 Å². The van der Waals surface area contributed by atoms with E-state index in [1.807, 2.05) is 41.2 Å². The summed E-state index contributed by atoms with van der Waals surface area (Å²) in [6, 6.07) is 16.2. The fourth-order valence-electron chi connectivity index (χ4n) is 4.28. The molecule has 0 saturated carbocycles. The Hall–Kier alpha value is -4.44. The highest BCUT2D eigenvalue weighted by atomic mass is 35.5. The molecule has 0 radical (unpaired) electrons. The van der Waals surface area contributed by atoms with Crippen molar-refractivity contribution in [2.45, 2.75) is 25.5 Å². The molecule has 1 aliphatic heterocycles. The highest BCUT2D eigenvalue weighted by molar-refractivity contribution is 6.32. The molecule has 0 unspecified atom stereocenters. The fourth-order valence-corrected chi connectivity index (χ4v) is 4.48. The van der Waals surface area contributed by atoms with E-state index in [2.05, 4.69) is 20.4 Å². The lowest BCUT2D eigenvalue weighted by molar-refractivity contribution is 0.0696. The summed E-state index contributed by atoms with van der Waals surface area (Å²) in [7, 11) is 0. The molecule has 5 rings (SSSR count). The lowest BCUT2D eigenvalue weighted by atomic mass is 10.1. The summed E-state index contributed by atoms with van der Waals surface area (Å²) >= 11 is 6.30. The molecule has 0 atom stereocenters. The number of nitrogens with zero attached hydrogens (tertiary/aromatic N) is 5. The number of amides is 1. The Morgan fingerprint density at radius 2 is 1.87 bits per heavy atom. The first kappa shape index (κ1) is 25.2. The molecule has 38 heavy (non-hydrogen) atoms. The number of rotatable bonds is 7. The highest BCUT2D eigenvalue weighted by Gasteiger charge is 2.25. The second kappa shape index (κ2) is 11.3. The van der Waals surface area contributed by atoms with Crippen LogP contribution in [0.4, 0.5) is 16.4 Å². The molecule has 10 nitrogen and oxygen atoms in total. The molecule has 0 bridgehead atoms. The molecule has 4 aromatic rings. The number of piperidine rings is 1. The minimum atomic E-state index is -1.03. The van der Waals surface area contributed by atoms with Crippen LogP contribution in [0.2, 0.25) is 5.02 Å². The minimum absolute atomic E-state index is 0.142. The average Bonchev–Trinajstić information content (AvgIpc) is 3.42. The van der Waals surface area contributed by atoms with Crippen molar-refractivity contribution in [3.63, 3.8) is 0 Å². The predicted octanol–water partition coefficient (Wildman–Crippen LogP) is 5.41. The normalized spacial score (nSPS) is 13.8. The number of carbonyl (C=O) groups is 2. The second-order valence-electron chi connectivity index (χ2n) is 8.87. The molecule has 11 heteroatoms. The summed E-state index contributed by atoms with van der Waals surface area (Å²) in [5, 5.41) is 17.2. The third-order valence-electron chi connectivity index (χ3n) is 6.29. The van der Waals surface area contributed by atoms with Gasteiger partial charge in [0, 0.05) is 24.8 Å². The number of ether oxygens (including phenoxy) is 1. The number of carboxylic acids is 1. The van der Waals surface area contributed by atoms with E-state index < -0.39 is 5.97 Å². The lowest BCUT2D eigenvalue weighted by Gasteiger charge is -2.31. The van der Waals surface area contributed by atoms with Gasteiger partial charge in [0.2, 0.25) is 5.95 Å². The van der Waals surface area contributed by atoms with Crippen molar-refractivity contribution >= 4 is 35.3 Å². The van der Waals surface area contributed by atoms with Crippen molar-refractivity contribution in [2.24, 2.45) is 0 Å². The minimum Gasteiger partial charge on any atom is -0.478 e. The second-order valence-corrected chi connectivity index (χ2v) is 9.28. The van der Waals surface area contributed by atoms with E-state index in [1.165, 1.54) is 18.3 Å². The van der Waals surface area contributed by atoms with E-state index in [0.717, 1.165) is 18.4 Å². The van der Waals surface area contributed by atoms with Crippen molar-refractivity contribution < 1.29 is 19.4 Å². The quantitative estimate of drug-likeness (QED) is 0.324. The standard InChI is InChI=1S/C27H25ClN6O4/c28-23-15-29-26(32-24(23)19-7-4-8-20(13-19)25(35)36)31-21-14-30-34(16-21)22-9-11-33(12-10-22)27(37)38-17-18-5-2-1-3-6-18/h1-8,13-16,22H,9-12,17H2,(H,35,36)(H,29,31,32). The van der Waals surface area contributed by atoms with E-state index in [-0.39, 0.29) is 24.3 Å². The number of likely N-dealkylation sites (tertiary alicyclic amines) is 1. The van der Waals surface area contributed by atoms with Crippen LogP contribution < -0.4 is 5.32 Å². The van der Waals surface area contributed by atoms with Crippen LogP contribution in [0.15, 0.2) is 73.2 Å². The summed E-state index contributed by atoms with van der Waals surface area (Å²) in [4.78, 5) is 34.2. The SMILES string of the molecule is O=C(O)c1cccc(-c2nc(Nc3cnn(C4CCN(C(=O)OCc5ccccc5)CC4)c3)ncc2Cl)c1. The summed E-state index contributed by atoms with van der Waals surface area (Å²) in [5.74, 6) is -0.724. The van der Waals surface area contributed by atoms with Gasteiger partial charge in [0.15, 0.2) is 0 Å². The number of hydrogen-bond donors (Lipinski definition) is 2. The largest absolute Gasteiger partial charge is 0.478 e. The van der Waals surface area contributed by atoms with Gasteiger partial charge in [0.05, 0.1) is 40.4 Å². The molecule has 2 aromatic carbocycles. The molecule has 0 spiro atoms. The van der Waals surface area contributed by atoms with E-state index in [9.17, 15) is 14.7 Å². The predicted molar refractivity (Wildman–Crippen MR) is 141 cm³/mol. The van der Waals surface area contributed by atoms with E-state index in [4.69, 9.17) is 16.3 Å². The van der Waals surface area contributed by atoms with E-state index in [1.54, 1.807) is 23.2 Å². The first-order valence-electron chi connectivity index (χ1n) is 12.1. The number of benzene rings is 2. The Balaban J connectivity index is 1.18. The zero-order valence-corrected chi connectivity index (χ0v) is 21.1. The van der Waals surface area contributed by atoms with Crippen LogP contribution in [0.5, 0.6) is 0 Å². The topological polar surface area (TPSA) is 122 Å². The number of hydrogen-bond acceptors (Lipinski definition) is 7. The molecule has 1 saturated heterocycles. The lowest BCUT2D eigenvalue weighted by Crippen LogP contribution is -2.39. The molecule has 3 heterocycles. The number of nitrogens with one attached hydrogen (secondary N) is 1. The first-order valence-corrected chi connectivity index (χ1v) is 12.5. The first-order chi connectivity index (χ1) is 18.5. The number of anilines is 2. The Morgan fingerprint density at radius 1 is 1.08 bits per heavy atom. The van der Waals surface area contributed by atoms with Crippen molar-refractivity contribution in [3.8, 4) is 11.3 Å². The summed E-state index contributed by atoms with van der Waals surface area (Å²) < 4.78 is 7.33. The third-order valence-corrected chi connectivity index (χ3v) is 6.56. The van der Waals surface area contributed by atoms with E-state index in [0.29, 0.717) is 41.0 Å². The van der Waals surface area contributed by atoms with Crippen LogP contribution in [0.25, 0.3) is 11.3 Å². The number of carbonyl (C=O) groups excluding carboxylic acids is 1.